The highest BCUT2D eigenvalue weighted by molar-refractivity contribution is 9.10. The molecule has 0 unspecified atom stereocenters. The molecule has 114 valence electrons. The topological polar surface area (TPSA) is 80.0 Å². The fourth-order valence-corrected chi connectivity index (χ4v) is 2.60. The highest BCUT2D eigenvalue weighted by Crippen LogP contribution is 2.16. The van der Waals surface area contributed by atoms with Crippen LogP contribution in [0.2, 0.25) is 0 Å². The van der Waals surface area contributed by atoms with E-state index in [0.717, 1.165) is 40.5 Å². The zero-order valence-corrected chi connectivity index (χ0v) is 13.9. The van der Waals surface area contributed by atoms with Crippen molar-refractivity contribution in [3.8, 4) is 0 Å². The van der Waals surface area contributed by atoms with Crippen LogP contribution < -0.4 is 10.6 Å². The molecule has 0 spiro atoms. The molecule has 0 aliphatic carbocycles. The first kappa shape index (κ1) is 14.7. The minimum absolute atomic E-state index is 0.598. The highest BCUT2D eigenvalue weighted by Gasteiger charge is 2.05. The number of anilines is 2. The molecular formula is C14H16BrN7. The van der Waals surface area contributed by atoms with Crippen molar-refractivity contribution in [2.45, 2.75) is 13.8 Å². The maximum absolute atomic E-state index is 4.35. The van der Waals surface area contributed by atoms with Gasteiger partial charge in [0.2, 0.25) is 0 Å². The molecule has 0 aliphatic heterocycles. The lowest BCUT2D eigenvalue weighted by atomic mass is 10.3. The van der Waals surface area contributed by atoms with Crippen LogP contribution in [-0.2, 0) is 0 Å². The third-order valence-corrected chi connectivity index (χ3v) is 3.58. The fraction of sp³-hybridized carbons (Fsp3) is 0.286. The van der Waals surface area contributed by atoms with Crippen molar-refractivity contribution >= 4 is 33.3 Å². The smallest absolute Gasteiger partial charge is 0.254 e. The number of aromatic nitrogens is 5. The monoisotopic (exact) mass is 361 g/mol. The molecule has 0 amide bonds. The summed E-state index contributed by atoms with van der Waals surface area (Å²) in [6, 6.07) is 3.98. The molecule has 0 saturated heterocycles. The molecule has 0 fully saturated rings. The molecule has 3 aromatic rings. The van der Waals surface area contributed by atoms with Gasteiger partial charge in [0.15, 0.2) is 0 Å². The first-order valence-corrected chi connectivity index (χ1v) is 7.70. The van der Waals surface area contributed by atoms with E-state index >= 15 is 0 Å². The molecular weight excluding hydrogens is 346 g/mol. The number of halogens is 1. The number of hydrogen-bond acceptors (Lipinski definition) is 6. The van der Waals surface area contributed by atoms with Crippen molar-refractivity contribution < 1.29 is 0 Å². The summed E-state index contributed by atoms with van der Waals surface area (Å²) in [6.07, 6.45) is 3.29. The van der Waals surface area contributed by atoms with Gasteiger partial charge < -0.3 is 10.6 Å². The van der Waals surface area contributed by atoms with E-state index in [2.05, 4.69) is 46.6 Å². The largest absolute Gasteiger partial charge is 0.368 e. The minimum atomic E-state index is 0.598. The van der Waals surface area contributed by atoms with Crippen molar-refractivity contribution in [2.75, 3.05) is 23.7 Å². The molecule has 3 rings (SSSR count). The van der Waals surface area contributed by atoms with Crippen LogP contribution in [0.15, 0.2) is 29.1 Å². The van der Waals surface area contributed by atoms with Crippen molar-refractivity contribution in [3.63, 3.8) is 0 Å². The molecule has 0 bridgehead atoms. The van der Waals surface area contributed by atoms with Crippen LogP contribution in [0.5, 0.6) is 0 Å². The minimum Gasteiger partial charge on any atom is -0.368 e. The average molecular weight is 362 g/mol. The number of nitrogens with one attached hydrogen (secondary N) is 2. The van der Waals surface area contributed by atoms with Crippen LogP contribution >= 0.6 is 15.9 Å². The molecule has 0 saturated carbocycles. The molecule has 0 aliphatic rings. The second kappa shape index (κ2) is 6.27. The van der Waals surface area contributed by atoms with Gasteiger partial charge in [-0.25, -0.2) is 9.97 Å². The van der Waals surface area contributed by atoms with Gasteiger partial charge in [-0.3, -0.25) is 0 Å². The van der Waals surface area contributed by atoms with Gasteiger partial charge in [-0.15, -0.1) is 0 Å². The van der Waals surface area contributed by atoms with E-state index < -0.39 is 0 Å². The van der Waals surface area contributed by atoms with E-state index in [9.17, 15) is 0 Å². The first-order chi connectivity index (χ1) is 10.6. The second-order valence-electron chi connectivity index (χ2n) is 4.93. The molecule has 2 N–H and O–H groups in total. The Kier molecular flexibility index (Phi) is 4.19. The maximum atomic E-state index is 4.35. The van der Waals surface area contributed by atoms with E-state index in [1.54, 1.807) is 10.7 Å². The lowest BCUT2D eigenvalue weighted by Gasteiger charge is -2.11. The summed E-state index contributed by atoms with van der Waals surface area (Å²) in [4.78, 5) is 12.8. The molecule has 8 heteroatoms. The van der Waals surface area contributed by atoms with E-state index in [0.29, 0.717) is 5.78 Å². The van der Waals surface area contributed by atoms with Crippen LogP contribution in [0.3, 0.4) is 0 Å². The van der Waals surface area contributed by atoms with Gasteiger partial charge in [0.1, 0.15) is 18.0 Å². The van der Waals surface area contributed by atoms with E-state index in [4.69, 9.17) is 0 Å². The maximum Gasteiger partial charge on any atom is 0.254 e. The Morgan fingerprint density at radius 2 is 1.95 bits per heavy atom. The van der Waals surface area contributed by atoms with E-state index in [-0.39, 0.29) is 0 Å². The zero-order chi connectivity index (χ0) is 15.5. The average Bonchev–Trinajstić information content (AvgIpc) is 2.93. The Hall–Kier alpha value is -2.22. The van der Waals surface area contributed by atoms with Gasteiger partial charge in [-0.05, 0) is 41.4 Å². The Morgan fingerprint density at radius 1 is 1.14 bits per heavy atom. The first-order valence-electron chi connectivity index (χ1n) is 6.91. The Bertz CT molecular complexity index is 799. The number of hydrogen-bond donors (Lipinski definition) is 2. The van der Waals surface area contributed by atoms with E-state index in [1.807, 2.05) is 26.0 Å². The number of rotatable bonds is 5. The van der Waals surface area contributed by atoms with Crippen LogP contribution in [0.1, 0.15) is 11.3 Å². The fourth-order valence-electron chi connectivity index (χ4n) is 2.15. The standard InChI is InChI=1S/C14H16BrN7/c1-9-5-11(15)7-18-13(9)17-4-3-16-12-6-10(2)21-14-19-8-20-22(12)14/h5-8,16H,3-4H2,1-2H3,(H,17,18). The molecule has 3 aromatic heterocycles. The third-order valence-electron chi connectivity index (χ3n) is 3.15. The quantitative estimate of drug-likeness (QED) is 0.679. The normalized spacial score (nSPS) is 10.9. The van der Waals surface area contributed by atoms with Gasteiger partial charge in [0.25, 0.3) is 5.78 Å². The predicted molar refractivity (Wildman–Crippen MR) is 89.2 cm³/mol. The molecule has 3 heterocycles. The Labute approximate surface area is 136 Å². The zero-order valence-electron chi connectivity index (χ0n) is 12.3. The van der Waals surface area contributed by atoms with E-state index in [1.165, 1.54) is 6.33 Å². The third kappa shape index (κ3) is 3.16. The predicted octanol–water partition coefficient (Wildman–Crippen LogP) is 2.42. The van der Waals surface area contributed by atoms with Crippen LogP contribution in [0.4, 0.5) is 11.6 Å². The van der Waals surface area contributed by atoms with Crippen LogP contribution in [0, 0.1) is 13.8 Å². The van der Waals surface area contributed by atoms with Crippen LogP contribution in [-0.4, -0.2) is 37.7 Å². The van der Waals surface area contributed by atoms with Gasteiger partial charge >= 0.3 is 0 Å². The highest BCUT2D eigenvalue weighted by atomic mass is 79.9. The van der Waals surface area contributed by atoms with Crippen LogP contribution in [0.25, 0.3) is 5.78 Å². The summed E-state index contributed by atoms with van der Waals surface area (Å²) < 4.78 is 2.67. The van der Waals surface area contributed by atoms with Gasteiger partial charge in [0, 0.05) is 35.5 Å². The van der Waals surface area contributed by atoms with Crippen molar-refractivity contribution in [1.29, 1.82) is 0 Å². The van der Waals surface area contributed by atoms with Gasteiger partial charge in [0.05, 0.1) is 0 Å². The number of aryl methyl sites for hydroxylation is 2. The molecule has 22 heavy (non-hydrogen) atoms. The van der Waals surface area contributed by atoms with Gasteiger partial charge in [-0.1, -0.05) is 0 Å². The number of fused-ring (bicyclic) bond motifs is 1. The lowest BCUT2D eigenvalue weighted by molar-refractivity contribution is 0.913. The summed E-state index contributed by atoms with van der Waals surface area (Å²) >= 11 is 3.41. The second-order valence-corrected chi connectivity index (χ2v) is 5.84. The van der Waals surface area contributed by atoms with Crippen molar-refractivity contribution in [3.05, 3.63) is 40.4 Å². The summed E-state index contributed by atoms with van der Waals surface area (Å²) in [5.74, 6) is 2.37. The summed E-state index contributed by atoms with van der Waals surface area (Å²) in [6.45, 7) is 5.44. The summed E-state index contributed by atoms with van der Waals surface area (Å²) in [5.41, 5.74) is 2.01. The van der Waals surface area contributed by atoms with Crippen molar-refractivity contribution in [2.24, 2.45) is 0 Å². The Balaban J connectivity index is 1.61. The van der Waals surface area contributed by atoms with Gasteiger partial charge in [-0.2, -0.15) is 14.6 Å². The number of pyridine rings is 1. The lowest BCUT2D eigenvalue weighted by Crippen LogP contribution is -2.17. The molecule has 0 radical (unpaired) electrons. The molecule has 0 aromatic carbocycles. The SMILES string of the molecule is Cc1cc(NCCNc2ncc(Br)cc2C)n2ncnc2n1. The summed E-state index contributed by atoms with van der Waals surface area (Å²) in [5, 5.41) is 10.8. The summed E-state index contributed by atoms with van der Waals surface area (Å²) in [7, 11) is 0. The van der Waals surface area contributed by atoms with Crippen molar-refractivity contribution in [1.82, 2.24) is 24.6 Å². The Morgan fingerprint density at radius 3 is 2.77 bits per heavy atom. The molecule has 0 atom stereocenters. The molecule has 7 nitrogen and oxygen atoms in total. The number of nitrogens with zero attached hydrogens (tertiary/aromatic N) is 5.